The number of anilines is 3. The summed E-state index contributed by atoms with van der Waals surface area (Å²) >= 11 is 0. The van der Waals surface area contributed by atoms with Crippen LogP contribution in [0.5, 0.6) is 0 Å². The van der Waals surface area contributed by atoms with Crippen molar-refractivity contribution in [2.45, 2.75) is 26.4 Å². The van der Waals surface area contributed by atoms with Gasteiger partial charge in [-0.3, -0.25) is 4.79 Å². The first-order valence-electron chi connectivity index (χ1n) is 10.3. The number of benzene rings is 3. The van der Waals surface area contributed by atoms with E-state index in [1.54, 1.807) is 12.1 Å². The minimum Gasteiger partial charge on any atom is -0.452 e. The van der Waals surface area contributed by atoms with Gasteiger partial charge in [0, 0.05) is 11.4 Å². The molecule has 33 heavy (non-hydrogen) atoms. The smallest absolute Gasteiger partial charge is 0.416 e. The van der Waals surface area contributed by atoms with Crippen molar-refractivity contribution in [2.24, 2.45) is 0 Å². The van der Waals surface area contributed by atoms with Gasteiger partial charge in [0.1, 0.15) is 0 Å². The van der Waals surface area contributed by atoms with Crippen molar-refractivity contribution in [3.05, 3.63) is 89.0 Å². The molecule has 3 aromatic carbocycles. The summed E-state index contributed by atoms with van der Waals surface area (Å²) in [5.74, 6) is -1.27. The molecule has 0 unspecified atom stereocenters. The van der Waals surface area contributed by atoms with Gasteiger partial charge in [-0.1, -0.05) is 43.3 Å². The van der Waals surface area contributed by atoms with E-state index >= 15 is 0 Å². The third-order valence-electron chi connectivity index (χ3n) is 4.95. The maximum absolute atomic E-state index is 13.0. The molecule has 5 nitrogen and oxygen atoms in total. The second kappa shape index (κ2) is 10.2. The highest BCUT2D eigenvalue weighted by molar-refractivity contribution is 5.99. The van der Waals surface area contributed by atoms with E-state index in [1.807, 2.05) is 32.0 Å². The average Bonchev–Trinajstić information content (AvgIpc) is 2.79. The van der Waals surface area contributed by atoms with Gasteiger partial charge in [0.2, 0.25) is 0 Å². The van der Waals surface area contributed by atoms with E-state index in [-0.39, 0.29) is 16.9 Å². The number of halogens is 3. The molecule has 0 saturated heterocycles. The van der Waals surface area contributed by atoms with Crippen molar-refractivity contribution in [1.82, 2.24) is 0 Å². The summed E-state index contributed by atoms with van der Waals surface area (Å²) in [6.45, 7) is 3.34. The predicted octanol–water partition coefficient (Wildman–Crippen LogP) is 6.12. The van der Waals surface area contributed by atoms with Crippen molar-refractivity contribution in [3.8, 4) is 0 Å². The lowest BCUT2D eigenvalue weighted by Gasteiger charge is -2.15. The molecule has 3 rings (SSSR count). The van der Waals surface area contributed by atoms with E-state index in [4.69, 9.17) is 4.74 Å². The molecule has 0 fully saturated rings. The molecule has 0 heterocycles. The highest BCUT2D eigenvalue weighted by Gasteiger charge is 2.30. The molecule has 3 aromatic rings. The third-order valence-corrected chi connectivity index (χ3v) is 4.95. The summed E-state index contributed by atoms with van der Waals surface area (Å²) in [7, 11) is 0. The Kier molecular flexibility index (Phi) is 7.37. The van der Waals surface area contributed by atoms with Crippen LogP contribution < -0.4 is 10.6 Å². The number of hydrogen-bond donors (Lipinski definition) is 2. The minimum atomic E-state index is -4.49. The zero-order valence-corrected chi connectivity index (χ0v) is 18.1. The van der Waals surface area contributed by atoms with Gasteiger partial charge >= 0.3 is 12.1 Å². The van der Waals surface area contributed by atoms with Crippen LogP contribution in [0.25, 0.3) is 0 Å². The van der Waals surface area contributed by atoms with Crippen molar-refractivity contribution >= 4 is 28.9 Å². The zero-order chi connectivity index (χ0) is 24.0. The second-order valence-electron chi connectivity index (χ2n) is 7.34. The number of aryl methyl sites for hydroxylation is 2. The summed E-state index contributed by atoms with van der Waals surface area (Å²) < 4.78 is 44.1. The summed E-state index contributed by atoms with van der Waals surface area (Å²) in [5, 5.41) is 5.59. The number of hydrogen-bond acceptors (Lipinski definition) is 4. The average molecular weight is 456 g/mol. The highest BCUT2D eigenvalue weighted by Crippen LogP contribution is 2.32. The van der Waals surface area contributed by atoms with Gasteiger partial charge in [0.15, 0.2) is 6.61 Å². The van der Waals surface area contributed by atoms with Crippen LogP contribution in [0.2, 0.25) is 0 Å². The predicted molar refractivity (Wildman–Crippen MR) is 121 cm³/mol. The largest absolute Gasteiger partial charge is 0.452 e. The molecule has 0 aliphatic carbocycles. The lowest BCUT2D eigenvalue weighted by molar-refractivity contribution is -0.137. The van der Waals surface area contributed by atoms with Crippen molar-refractivity contribution in [3.63, 3.8) is 0 Å². The number of para-hydroxylation sites is 2. The van der Waals surface area contributed by atoms with E-state index in [1.165, 1.54) is 24.3 Å². The minimum absolute atomic E-state index is 0.0906. The fourth-order valence-corrected chi connectivity index (χ4v) is 3.29. The molecule has 0 bridgehead atoms. The van der Waals surface area contributed by atoms with Gasteiger partial charge in [0.05, 0.1) is 16.8 Å². The van der Waals surface area contributed by atoms with Gasteiger partial charge < -0.3 is 15.4 Å². The lowest BCUT2D eigenvalue weighted by Crippen LogP contribution is -2.22. The van der Waals surface area contributed by atoms with Crippen molar-refractivity contribution in [1.29, 1.82) is 0 Å². The molecule has 0 radical (unpaired) electrons. The Hall–Kier alpha value is -3.81. The van der Waals surface area contributed by atoms with Gasteiger partial charge in [0.25, 0.3) is 5.91 Å². The standard InChI is InChI=1S/C25H23F3N2O3/c1-3-17-9-6-8-16(2)23(17)30-22(31)15-33-24(32)20-12-4-5-13-21(20)29-19-11-7-10-18(14-19)25(26,27)28/h4-14,29H,3,15H2,1-2H3,(H,30,31). The normalized spacial score (nSPS) is 11.1. The molecule has 0 spiro atoms. The van der Waals surface area contributed by atoms with E-state index < -0.39 is 30.2 Å². The van der Waals surface area contributed by atoms with Crippen LogP contribution in [0.4, 0.5) is 30.2 Å². The molecule has 0 aliphatic rings. The van der Waals surface area contributed by atoms with Gasteiger partial charge in [-0.05, 0) is 54.8 Å². The van der Waals surface area contributed by atoms with E-state index in [2.05, 4.69) is 10.6 Å². The van der Waals surface area contributed by atoms with E-state index in [9.17, 15) is 22.8 Å². The van der Waals surface area contributed by atoms with Crippen LogP contribution in [-0.4, -0.2) is 18.5 Å². The molecule has 0 aromatic heterocycles. The lowest BCUT2D eigenvalue weighted by atomic mass is 10.1. The fourth-order valence-electron chi connectivity index (χ4n) is 3.29. The molecule has 8 heteroatoms. The summed E-state index contributed by atoms with van der Waals surface area (Å²) in [5.41, 5.74) is 2.24. The van der Waals surface area contributed by atoms with Crippen LogP contribution in [0.3, 0.4) is 0 Å². The van der Waals surface area contributed by atoms with Crippen molar-refractivity contribution < 1.29 is 27.5 Å². The van der Waals surface area contributed by atoms with Crippen LogP contribution in [0.15, 0.2) is 66.7 Å². The Bertz CT molecular complexity index is 1160. The number of carbonyl (C=O) groups excluding carboxylic acids is 2. The first-order valence-corrected chi connectivity index (χ1v) is 10.3. The molecule has 0 saturated carbocycles. The van der Waals surface area contributed by atoms with Crippen LogP contribution in [0.1, 0.15) is 34.0 Å². The van der Waals surface area contributed by atoms with E-state index in [0.29, 0.717) is 5.69 Å². The summed E-state index contributed by atoms with van der Waals surface area (Å²) in [6, 6.07) is 16.5. The SMILES string of the molecule is CCc1cccc(C)c1NC(=O)COC(=O)c1ccccc1Nc1cccc(C(F)(F)F)c1. The number of rotatable bonds is 7. The molecule has 2 N–H and O–H groups in total. The third kappa shape index (κ3) is 6.12. The molecule has 172 valence electrons. The Morgan fingerprint density at radius 3 is 2.42 bits per heavy atom. The Morgan fingerprint density at radius 1 is 0.970 bits per heavy atom. The molecule has 1 amide bonds. The maximum atomic E-state index is 13.0. The number of ether oxygens (including phenoxy) is 1. The van der Waals surface area contributed by atoms with Crippen LogP contribution in [0, 0.1) is 6.92 Å². The fraction of sp³-hybridized carbons (Fsp3) is 0.200. The first-order chi connectivity index (χ1) is 15.7. The molecular formula is C25H23F3N2O3. The number of alkyl halides is 3. The molecule has 0 atom stereocenters. The second-order valence-corrected chi connectivity index (χ2v) is 7.34. The van der Waals surface area contributed by atoms with Crippen LogP contribution in [-0.2, 0) is 22.1 Å². The number of amides is 1. The zero-order valence-electron chi connectivity index (χ0n) is 18.1. The monoisotopic (exact) mass is 456 g/mol. The Morgan fingerprint density at radius 2 is 1.70 bits per heavy atom. The first kappa shape index (κ1) is 23.8. The van der Waals surface area contributed by atoms with Gasteiger partial charge in [-0.25, -0.2) is 4.79 Å². The number of nitrogens with one attached hydrogen (secondary N) is 2. The van der Waals surface area contributed by atoms with Crippen LogP contribution >= 0.6 is 0 Å². The topological polar surface area (TPSA) is 67.4 Å². The molecule has 0 aliphatic heterocycles. The number of carbonyl (C=O) groups is 2. The highest BCUT2D eigenvalue weighted by atomic mass is 19.4. The maximum Gasteiger partial charge on any atom is 0.416 e. The Balaban J connectivity index is 1.69. The van der Waals surface area contributed by atoms with Gasteiger partial charge in [-0.15, -0.1) is 0 Å². The summed E-state index contributed by atoms with van der Waals surface area (Å²) in [4.78, 5) is 25.0. The van der Waals surface area contributed by atoms with E-state index in [0.717, 1.165) is 29.7 Å². The Labute approximate surface area is 189 Å². The summed E-state index contributed by atoms with van der Waals surface area (Å²) in [6.07, 6.45) is -3.76. The van der Waals surface area contributed by atoms with Crippen molar-refractivity contribution in [2.75, 3.05) is 17.2 Å². The number of esters is 1. The quantitative estimate of drug-likeness (QED) is 0.421. The molecular weight excluding hydrogens is 433 g/mol. The van der Waals surface area contributed by atoms with Gasteiger partial charge in [-0.2, -0.15) is 13.2 Å².